The van der Waals surface area contributed by atoms with Gasteiger partial charge in [0.2, 0.25) is 5.91 Å². The summed E-state index contributed by atoms with van der Waals surface area (Å²) in [5, 5.41) is 3.44. The maximum absolute atomic E-state index is 11.9. The van der Waals surface area contributed by atoms with Gasteiger partial charge < -0.3 is 10.6 Å². The molecule has 0 bridgehead atoms. The fraction of sp³-hybridized carbons (Fsp3) is 0.588. The molecule has 1 atom stereocenters. The summed E-state index contributed by atoms with van der Waals surface area (Å²) in [4.78, 5) is 14.3. The monoisotopic (exact) mass is 287 g/mol. The van der Waals surface area contributed by atoms with Crippen LogP contribution < -0.4 is 11.1 Å². The SMILES string of the molecule is CC(CN1CCc2ccccc2CC1)(NC1CC1)C(N)=O. The highest BCUT2D eigenvalue weighted by molar-refractivity contribution is 5.84. The Labute approximate surface area is 126 Å². The van der Waals surface area contributed by atoms with Crippen molar-refractivity contribution in [2.75, 3.05) is 19.6 Å². The van der Waals surface area contributed by atoms with Crippen molar-refractivity contribution in [3.63, 3.8) is 0 Å². The Kier molecular flexibility index (Phi) is 4.00. The molecule has 114 valence electrons. The lowest BCUT2D eigenvalue weighted by atomic mass is 10.00. The van der Waals surface area contributed by atoms with Crippen LogP contribution in [-0.2, 0) is 17.6 Å². The van der Waals surface area contributed by atoms with E-state index in [-0.39, 0.29) is 5.91 Å². The van der Waals surface area contributed by atoms with Crippen molar-refractivity contribution in [1.82, 2.24) is 10.2 Å². The summed E-state index contributed by atoms with van der Waals surface area (Å²) >= 11 is 0. The van der Waals surface area contributed by atoms with Crippen molar-refractivity contribution < 1.29 is 4.79 Å². The Morgan fingerprint density at radius 1 is 1.29 bits per heavy atom. The van der Waals surface area contributed by atoms with E-state index in [1.165, 1.54) is 11.1 Å². The molecule has 0 radical (unpaired) electrons. The molecule has 1 amide bonds. The standard InChI is InChI=1S/C17H25N3O/c1-17(16(18)21,19-15-6-7-15)12-20-10-8-13-4-2-3-5-14(13)9-11-20/h2-5,15,19H,6-12H2,1H3,(H2,18,21). The summed E-state index contributed by atoms with van der Waals surface area (Å²) in [6.07, 6.45) is 4.42. The van der Waals surface area contributed by atoms with E-state index in [0.29, 0.717) is 12.6 Å². The third kappa shape index (κ3) is 3.44. The lowest BCUT2D eigenvalue weighted by Crippen LogP contribution is -2.60. The first kappa shape index (κ1) is 14.5. The zero-order chi connectivity index (χ0) is 14.9. The first-order chi connectivity index (χ1) is 10.1. The Morgan fingerprint density at radius 2 is 1.86 bits per heavy atom. The number of fused-ring (bicyclic) bond motifs is 1. The third-order valence-electron chi connectivity index (χ3n) is 4.70. The van der Waals surface area contributed by atoms with E-state index < -0.39 is 5.54 Å². The zero-order valence-electron chi connectivity index (χ0n) is 12.8. The number of benzene rings is 1. The van der Waals surface area contributed by atoms with Gasteiger partial charge in [-0.1, -0.05) is 24.3 Å². The highest BCUT2D eigenvalue weighted by Gasteiger charge is 2.38. The molecule has 4 nitrogen and oxygen atoms in total. The van der Waals surface area contributed by atoms with Crippen molar-refractivity contribution in [3.05, 3.63) is 35.4 Å². The number of nitrogens with zero attached hydrogens (tertiary/aromatic N) is 1. The van der Waals surface area contributed by atoms with Gasteiger partial charge >= 0.3 is 0 Å². The highest BCUT2D eigenvalue weighted by Crippen LogP contribution is 2.24. The van der Waals surface area contributed by atoms with E-state index in [1.54, 1.807) is 0 Å². The molecule has 1 aromatic carbocycles. The molecule has 3 N–H and O–H groups in total. The predicted molar refractivity (Wildman–Crippen MR) is 84.0 cm³/mol. The van der Waals surface area contributed by atoms with Gasteiger partial charge in [0.05, 0.1) is 0 Å². The van der Waals surface area contributed by atoms with E-state index in [1.807, 2.05) is 6.92 Å². The van der Waals surface area contributed by atoms with Gasteiger partial charge in [-0.05, 0) is 43.7 Å². The second-order valence-electron chi connectivity index (χ2n) is 6.66. The van der Waals surface area contributed by atoms with Crippen molar-refractivity contribution in [2.45, 2.75) is 44.2 Å². The molecule has 4 heteroatoms. The minimum Gasteiger partial charge on any atom is -0.368 e. The van der Waals surface area contributed by atoms with Gasteiger partial charge in [0.1, 0.15) is 5.54 Å². The van der Waals surface area contributed by atoms with Crippen LogP contribution in [0.5, 0.6) is 0 Å². The van der Waals surface area contributed by atoms with Gasteiger partial charge in [0.15, 0.2) is 0 Å². The van der Waals surface area contributed by atoms with Crippen LogP contribution in [0.3, 0.4) is 0 Å². The minimum absolute atomic E-state index is 0.240. The molecule has 2 aliphatic rings. The fourth-order valence-corrected chi connectivity index (χ4v) is 3.19. The number of amides is 1. The van der Waals surface area contributed by atoms with E-state index in [0.717, 1.165) is 38.8 Å². The van der Waals surface area contributed by atoms with Gasteiger partial charge in [-0.15, -0.1) is 0 Å². The van der Waals surface area contributed by atoms with Crippen LogP contribution >= 0.6 is 0 Å². The number of rotatable bonds is 5. The molecule has 21 heavy (non-hydrogen) atoms. The highest BCUT2D eigenvalue weighted by atomic mass is 16.1. The van der Waals surface area contributed by atoms with Crippen LogP contribution in [0, 0.1) is 0 Å². The number of carbonyl (C=O) groups is 1. The van der Waals surface area contributed by atoms with Gasteiger partial charge in [-0.2, -0.15) is 0 Å². The molecule has 1 unspecified atom stereocenters. The molecule has 1 fully saturated rings. The fourth-order valence-electron chi connectivity index (χ4n) is 3.19. The number of carbonyl (C=O) groups excluding carboxylic acids is 1. The summed E-state index contributed by atoms with van der Waals surface area (Å²) in [5.41, 5.74) is 7.93. The molecule has 3 rings (SSSR count). The molecule has 1 saturated carbocycles. The average Bonchev–Trinajstić information content (AvgIpc) is 3.27. The average molecular weight is 287 g/mol. The molecule has 1 heterocycles. The summed E-state index contributed by atoms with van der Waals surface area (Å²) in [7, 11) is 0. The Bertz CT molecular complexity index is 500. The summed E-state index contributed by atoms with van der Waals surface area (Å²) in [6, 6.07) is 9.13. The minimum atomic E-state index is -0.613. The quantitative estimate of drug-likeness (QED) is 0.852. The van der Waals surface area contributed by atoms with E-state index >= 15 is 0 Å². The summed E-state index contributed by atoms with van der Waals surface area (Å²) < 4.78 is 0. The van der Waals surface area contributed by atoms with Crippen molar-refractivity contribution in [3.8, 4) is 0 Å². The van der Waals surface area contributed by atoms with Crippen LogP contribution in [0.1, 0.15) is 30.9 Å². The molecular formula is C17H25N3O. The maximum Gasteiger partial charge on any atom is 0.238 e. The third-order valence-corrected chi connectivity index (χ3v) is 4.70. The predicted octanol–water partition coefficient (Wildman–Crippen LogP) is 1.08. The summed E-state index contributed by atoms with van der Waals surface area (Å²) in [6.45, 7) is 4.64. The molecule has 0 spiro atoms. The van der Waals surface area contributed by atoms with Gasteiger partial charge in [0.25, 0.3) is 0 Å². The summed E-state index contributed by atoms with van der Waals surface area (Å²) in [5.74, 6) is -0.240. The molecule has 1 aliphatic heterocycles. The van der Waals surface area contributed by atoms with Gasteiger partial charge in [-0.25, -0.2) is 0 Å². The van der Waals surface area contributed by atoms with Gasteiger partial charge in [-0.3, -0.25) is 10.1 Å². The Morgan fingerprint density at radius 3 is 2.33 bits per heavy atom. The van der Waals surface area contributed by atoms with E-state index in [2.05, 4.69) is 34.5 Å². The van der Waals surface area contributed by atoms with Crippen molar-refractivity contribution in [2.24, 2.45) is 5.73 Å². The lowest BCUT2D eigenvalue weighted by Gasteiger charge is -2.33. The molecule has 1 aliphatic carbocycles. The zero-order valence-corrected chi connectivity index (χ0v) is 12.8. The normalized spacial score (nSPS) is 22.1. The van der Waals surface area contributed by atoms with Crippen LogP contribution in [0.15, 0.2) is 24.3 Å². The molecule has 1 aromatic rings. The van der Waals surface area contributed by atoms with Crippen LogP contribution in [0.4, 0.5) is 0 Å². The van der Waals surface area contributed by atoms with Crippen LogP contribution in [-0.4, -0.2) is 42.0 Å². The van der Waals surface area contributed by atoms with Crippen LogP contribution in [0.2, 0.25) is 0 Å². The maximum atomic E-state index is 11.9. The second kappa shape index (κ2) is 5.78. The molecule has 0 aromatic heterocycles. The first-order valence-electron chi connectivity index (χ1n) is 7.93. The van der Waals surface area contributed by atoms with E-state index in [4.69, 9.17) is 5.73 Å². The lowest BCUT2D eigenvalue weighted by molar-refractivity contribution is -0.124. The number of primary amides is 1. The van der Waals surface area contributed by atoms with Gasteiger partial charge in [0, 0.05) is 25.7 Å². The molecule has 0 saturated heterocycles. The largest absolute Gasteiger partial charge is 0.368 e. The van der Waals surface area contributed by atoms with Crippen LogP contribution in [0.25, 0.3) is 0 Å². The van der Waals surface area contributed by atoms with E-state index in [9.17, 15) is 4.79 Å². The van der Waals surface area contributed by atoms with Crippen molar-refractivity contribution in [1.29, 1.82) is 0 Å². The Hall–Kier alpha value is -1.39. The molecular weight excluding hydrogens is 262 g/mol. The number of hydrogen-bond acceptors (Lipinski definition) is 3. The topological polar surface area (TPSA) is 58.4 Å². The number of nitrogens with two attached hydrogens (primary N) is 1. The van der Waals surface area contributed by atoms with Crippen molar-refractivity contribution >= 4 is 5.91 Å². The number of nitrogens with one attached hydrogen (secondary N) is 1. The number of hydrogen-bond donors (Lipinski definition) is 2. The second-order valence-corrected chi connectivity index (χ2v) is 6.66. The smallest absolute Gasteiger partial charge is 0.238 e. The first-order valence-corrected chi connectivity index (χ1v) is 7.93. The Balaban J connectivity index is 1.66.